The first-order valence-electron chi connectivity index (χ1n) is 12.4. The highest BCUT2D eigenvalue weighted by molar-refractivity contribution is 6.41. The van der Waals surface area contributed by atoms with E-state index in [-0.39, 0.29) is 40.1 Å². The molecule has 12 heteroatoms. The highest BCUT2D eigenvalue weighted by atomic mass is 35.5. The first-order valence-corrected chi connectivity index (χ1v) is 13.1. The summed E-state index contributed by atoms with van der Waals surface area (Å²) in [5.41, 5.74) is 2.36. The number of amides is 1. The Morgan fingerprint density at radius 2 is 1.76 bits per heavy atom. The van der Waals surface area contributed by atoms with Gasteiger partial charge in [-0.25, -0.2) is 9.97 Å². The standard InChI is InChI=1S/C26H25Cl2N5O5.C3H6/c1-14-6-5-7-16(30-13-34)24(14)32-20-10-15-17(12-29-20)31-25(33(26(15)35)8-9-36-2)21-22(27)18(37-3)11-19(38-4)23(21)28;1-3-2/h5-7,10-13H,8-9H2,1-4H3,(H,29,32)(H,30,34);3H,1H2,2H3. The maximum Gasteiger partial charge on any atom is 0.261 e. The molecule has 41 heavy (non-hydrogen) atoms. The third-order valence-corrected chi connectivity index (χ3v) is 6.65. The van der Waals surface area contributed by atoms with E-state index < -0.39 is 0 Å². The van der Waals surface area contributed by atoms with Crippen LogP contribution in [0.5, 0.6) is 11.5 Å². The molecule has 0 fully saturated rings. The van der Waals surface area contributed by atoms with Gasteiger partial charge in [-0.15, -0.1) is 6.58 Å². The lowest BCUT2D eigenvalue weighted by Crippen LogP contribution is -2.26. The van der Waals surface area contributed by atoms with Gasteiger partial charge in [0.15, 0.2) is 0 Å². The second-order valence-electron chi connectivity index (χ2n) is 8.55. The highest BCUT2D eigenvalue weighted by Crippen LogP contribution is 2.45. The van der Waals surface area contributed by atoms with Crippen LogP contribution < -0.4 is 25.7 Å². The van der Waals surface area contributed by atoms with Crippen molar-refractivity contribution in [3.8, 4) is 22.9 Å². The van der Waals surface area contributed by atoms with Gasteiger partial charge in [0, 0.05) is 13.2 Å². The van der Waals surface area contributed by atoms with Gasteiger partial charge in [0.1, 0.15) is 23.1 Å². The molecule has 4 aromatic rings. The fourth-order valence-electron chi connectivity index (χ4n) is 4.00. The van der Waals surface area contributed by atoms with E-state index >= 15 is 0 Å². The Kier molecular flexibility index (Phi) is 11.1. The predicted molar refractivity (Wildman–Crippen MR) is 164 cm³/mol. The number of halogens is 2. The van der Waals surface area contributed by atoms with Crippen LogP contribution in [0, 0.1) is 6.92 Å². The SMILES string of the molecule is C=CC.COCCn1c(-c2c(Cl)c(OC)cc(OC)c2Cl)nc2cnc(Nc3c(C)cccc3NC=O)cc2c1=O. The molecule has 0 aliphatic heterocycles. The van der Waals surface area contributed by atoms with Crippen molar-refractivity contribution in [1.29, 1.82) is 0 Å². The topological polar surface area (TPSA) is 117 Å². The van der Waals surface area contributed by atoms with Crippen LogP contribution in [-0.4, -0.2) is 48.9 Å². The zero-order chi connectivity index (χ0) is 30.1. The Morgan fingerprint density at radius 3 is 2.34 bits per heavy atom. The number of hydrogen-bond acceptors (Lipinski definition) is 8. The number of pyridine rings is 1. The van der Waals surface area contributed by atoms with Gasteiger partial charge >= 0.3 is 0 Å². The number of methoxy groups -OCH3 is 3. The van der Waals surface area contributed by atoms with E-state index in [0.29, 0.717) is 46.0 Å². The molecule has 10 nitrogen and oxygen atoms in total. The van der Waals surface area contributed by atoms with Gasteiger partial charge < -0.3 is 24.8 Å². The minimum Gasteiger partial charge on any atom is -0.495 e. The number of ether oxygens (including phenoxy) is 3. The number of aromatic nitrogens is 3. The van der Waals surface area contributed by atoms with Crippen molar-refractivity contribution in [2.45, 2.75) is 20.4 Å². The third kappa shape index (κ3) is 6.79. The van der Waals surface area contributed by atoms with Gasteiger partial charge in [-0.1, -0.05) is 41.4 Å². The molecule has 4 rings (SSSR count). The van der Waals surface area contributed by atoms with Crippen LogP contribution in [0.15, 0.2) is 54.0 Å². The minimum atomic E-state index is -0.350. The molecule has 0 spiro atoms. The molecule has 1 amide bonds. The molecule has 0 unspecified atom stereocenters. The van der Waals surface area contributed by atoms with Gasteiger partial charge in [-0.3, -0.25) is 14.2 Å². The number of para-hydroxylation sites is 1. The van der Waals surface area contributed by atoms with Gasteiger partial charge in [-0.2, -0.15) is 0 Å². The first kappa shape index (κ1) is 31.4. The Bertz CT molecular complexity index is 1600. The fraction of sp³-hybridized carbons (Fsp3) is 0.241. The fourth-order valence-corrected chi connectivity index (χ4v) is 4.67. The van der Waals surface area contributed by atoms with Crippen molar-refractivity contribution in [2.24, 2.45) is 0 Å². The number of carbonyl (C=O) groups is 1. The molecule has 0 aliphatic carbocycles. The van der Waals surface area contributed by atoms with Crippen LogP contribution in [0.1, 0.15) is 12.5 Å². The van der Waals surface area contributed by atoms with E-state index in [1.165, 1.54) is 32.1 Å². The minimum absolute atomic E-state index is 0.177. The summed E-state index contributed by atoms with van der Waals surface area (Å²) in [6.07, 6.45) is 3.82. The zero-order valence-electron chi connectivity index (χ0n) is 23.4. The van der Waals surface area contributed by atoms with Crippen LogP contribution in [0.4, 0.5) is 17.2 Å². The van der Waals surface area contributed by atoms with E-state index in [0.717, 1.165) is 5.56 Å². The molecular formula is C29H31Cl2N5O5. The molecule has 0 saturated carbocycles. The number of benzene rings is 2. The smallest absolute Gasteiger partial charge is 0.261 e. The van der Waals surface area contributed by atoms with Crippen LogP contribution >= 0.6 is 23.2 Å². The number of allylic oxidation sites excluding steroid dienone is 1. The molecule has 0 saturated heterocycles. The lowest BCUT2D eigenvalue weighted by molar-refractivity contribution is -0.105. The van der Waals surface area contributed by atoms with Gasteiger partial charge in [0.05, 0.1) is 71.5 Å². The van der Waals surface area contributed by atoms with E-state index in [1.807, 2.05) is 26.0 Å². The summed E-state index contributed by atoms with van der Waals surface area (Å²) < 4.78 is 17.5. The molecule has 0 bridgehead atoms. The van der Waals surface area contributed by atoms with Gasteiger partial charge in [0.2, 0.25) is 6.41 Å². The van der Waals surface area contributed by atoms with Crippen LogP contribution in [0.3, 0.4) is 0 Å². The lowest BCUT2D eigenvalue weighted by Gasteiger charge is -2.18. The normalized spacial score (nSPS) is 10.4. The number of aryl methyl sites for hydroxylation is 1. The number of fused-ring (bicyclic) bond motifs is 1. The van der Waals surface area contributed by atoms with Crippen molar-refractivity contribution < 1.29 is 19.0 Å². The monoisotopic (exact) mass is 599 g/mol. The summed E-state index contributed by atoms with van der Waals surface area (Å²) in [6, 6.07) is 8.63. The molecule has 2 N–H and O–H groups in total. The summed E-state index contributed by atoms with van der Waals surface area (Å²) in [7, 11) is 4.47. The van der Waals surface area contributed by atoms with Crippen molar-refractivity contribution in [3.63, 3.8) is 0 Å². The molecule has 0 atom stereocenters. The summed E-state index contributed by atoms with van der Waals surface area (Å²) in [5, 5.41) is 6.52. The molecule has 216 valence electrons. The summed E-state index contributed by atoms with van der Waals surface area (Å²) in [6.45, 7) is 7.55. The predicted octanol–water partition coefficient (Wildman–Crippen LogP) is 6.24. The molecule has 2 heterocycles. The Balaban J connectivity index is 0.00000147. The van der Waals surface area contributed by atoms with Crippen molar-refractivity contribution in [1.82, 2.24) is 14.5 Å². The number of anilines is 3. The van der Waals surface area contributed by atoms with E-state index in [2.05, 4.69) is 22.2 Å². The quantitative estimate of drug-likeness (QED) is 0.162. The average Bonchev–Trinajstić information content (AvgIpc) is 2.96. The molecular weight excluding hydrogens is 569 g/mol. The number of rotatable bonds is 10. The number of nitrogens with zero attached hydrogens (tertiary/aromatic N) is 3. The summed E-state index contributed by atoms with van der Waals surface area (Å²) in [5.74, 6) is 1.23. The van der Waals surface area contributed by atoms with Gasteiger partial charge in [-0.05, 0) is 31.5 Å². The summed E-state index contributed by atoms with van der Waals surface area (Å²) >= 11 is 13.3. The maximum absolute atomic E-state index is 13.8. The third-order valence-electron chi connectivity index (χ3n) is 5.90. The molecule has 2 aromatic carbocycles. The largest absolute Gasteiger partial charge is 0.495 e. The van der Waals surface area contributed by atoms with Crippen molar-refractivity contribution in [3.05, 3.63) is 75.1 Å². The number of hydrogen-bond donors (Lipinski definition) is 2. The number of carbonyl (C=O) groups excluding carboxylic acids is 1. The second kappa shape index (κ2) is 14.5. The Morgan fingerprint density at radius 1 is 1.10 bits per heavy atom. The second-order valence-corrected chi connectivity index (χ2v) is 9.30. The average molecular weight is 601 g/mol. The molecule has 0 radical (unpaired) electrons. The van der Waals surface area contributed by atoms with E-state index in [9.17, 15) is 9.59 Å². The first-order chi connectivity index (χ1) is 19.8. The highest BCUT2D eigenvalue weighted by Gasteiger charge is 2.24. The zero-order valence-corrected chi connectivity index (χ0v) is 24.9. The van der Waals surface area contributed by atoms with Crippen LogP contribution in [-0.2, 0) is 16.1 Å². The maximum atomic E-state index is 13.8. The lowest BCUT2D eigenvalue weighted by atomic mass is 10.1. The van der Waals surface area contributed by atoms with E-state index in [1.54, 1.807) is 24.3 Å². The Labute approximate surface area is 247 Å². The van der Waals surface area contributed by atoms with Crippen LogP contribution in [0.25, 0.3) is 22.3 Å². The molecule has 2 aromatic heterocycles. The van der Waals surface area contributed by atoms with Crippen LogP contribution in [0.2, 0.25) is 10.0 Å². The van der Waals surface area contributed by atoms with Gasteiger partial charge in [0.25, 0.3) is 5.56 Å². The Hall–Kier alpha value is -4.12. The van der Waals surface area contributed by atoms with Crippen molar-refractivity contribution in [2.75, 3.05) is 38.6 Å². The van der Waals surface area contributed by atoms with E-state index in [4.69, 9.17) is 42.4 Å². The number of nitrogens with one attached hydrogen (secondary N) is 2. The summed E-state index contributed by atoms with van der Waals surface area (Å²) in [4.78, 5) is 34.0. The van der Waals surface area contributed by atoms with Crippen molar-refractivity contribution >= 4 is 57.7 Å². The molecule has 0 aliphatic rings.